The van der Waals surface area contributed by atoms with Gasteiger partial charge >= 0.3 is 12.0 Å². The molecule has 9 heteroatoms. The third-order valence-electron chi connectivity index (χ3n) is 21.6. The Morgan fingerprint density at radius 3 is 2.23 bits per heavy atom. The van der Waals surface area contributed by atoms with Crippen LogP contribution in [0.1, 0.15) is 157 Å². The lowest BCUT2D eigenvalue weighted by Gasteiger charge is -2.72. The van der Waals surface area contributed by atoms with Crippen LogP contribution in [0.2, 0.25) is 0 Å². The maximum atomic E-state index is 15.1. The number of hydrogen-bond acceptors (Lipinski definition) is 6. The molecule has 5 saturated carbocycles. The molecule has 11 atom stereocenters. The molecule has 0 spiro atoms. The number of ether oxygens (including phenoxy) is 1. The average molecular weight is 952 g/mol. The van der Waals surface area contributed by atoms with E-state index in [2.05, 4.69) is 146 Å². The molecule has 0 radical (unpaired) electrons. The minimum Gasteiger partial charge on any atom is -0.462 e. The van der Waals surface area contributed by atoms with E-state index in [1.165, 1.54) is 11.1 Å². The van der Waals surface area contributed by atoms with Gasteiger partial charge in [-0.15, -0.1) is 0 Å². The number of rotatable bonds is 11. The molecule has 6 fully saturated rings. The molecule has 3 aromatic rings. The van der Waals surface area contributed by atoms with Crippen molar-refractivity contribution in [3.05, 3.63) is 89.4 Å². The summed E-state index contributed by atoms with van der Waals surface area (Å²) in [6.07, 6.45) is 14.1. The van der Waals surface area contributed by atoms with Crippen molar-refractivity contribution in [2.45, 2.75) is 170 Å². The number of Topliss-reactive ketones (excluding diaryl/α,β-unsaturated/α-hetero) is 1. The van der Waals surface area contributed by atoms with Gasteiger partial charge in [-0.1, -0.05) is 123 Å². The fourth-order valence-corrected chi connectivity index (χ4v) is 17.4. The minimum atomic E-state index is -0.675. The smallest absolute Gasteiger partial charge is 0.318 e. The number of likely N-dealkylation sites (N-methyl/N-ethyl adjacent to an activating group) is 1. The van der Waals surface area contributed by atoms with Gasteiger partial charge < -0.3 is 24.4 Å². The highest BCUT2D eigenvalue weighted by molar-refractivity contribution is 6.02. The number of carbonyl (C=O) groups is 3. The van der Waals surface area contributed by atoms with E-state index in [-0.39, 0.29) is 74.8 Å². The third kappa shape index (κ3) is 7.69. The zero-order valence-corrected chi connectivity index (χ0v) is 44.7. The zero-order chi connectivity index (χ0) is 49.8. The largest absolute Gasteiger partial charge is 0.462 e. The second kappa shape index (κ2) is 17.8. The van der Waals surface area contributed by atoms with Gasteiger partial charge in [0, 0.05) is 31.5 Å². The highest BCUT2D eigenvalue weighted by Gasteiger charge is 2.71. The molecular formula is C61H85N5O4. The Kier molecular flexibility index (Phi) is 12.5. The van der Waals surface area contributed by atoms with Gasteiger partial charge in [-0.05, 0) is 165 Å². The standard InChI is InChI=1S/C61H85N5O4/c1-39(2)51-47(67)37-61(63-55(69)66-32-18-23-45(66)53-62-38-46(41-21-16-13-17-22-41)65(53)34-33-64(10)11)31-30-59(8)43(52(51)61)24-25-49-58(7)28-27-50(57(5,6)48(58)26-29-60(49,59)9)70-54(68)44-36-42(56(44,3)4)35-40-19-14-12-15-20-40/h12-17,19-22,38-39,42-45,48-50H,18,23-37H2,1-11H3,(H,63,69)/t42-,43-,44-,45+,48+,49-,50+,58+,59-,60-,61-/m1/s1. The summed E-state index contributed by atoms with van der Waals surface area (Å²) in [6.45, 7) is 23.9. The number of ketones is 1. The van der Waals surface area contributed by atoms with Crippen molar-refractivity contribution in [1.82, 2.24) is 24.7 Å². The summed E-state index contributed by atoms with van der Waals surface area (Å²) in [5.41, 5.74) is 5.05. The second-order valence-corrected chi connectivity index (χ2v) is 26.2. The summed E-state index contributed by atoms with van der Waals surface area (Å²) in [7, 11) is 4.20. The van der Waals surface area contributed by atoms with Crippen LogP contribution in [0.3, 0.4) is 0 Å². The quantitative estimate of drug-likeness (QED) is 0.192. The van der Waals surface area contributed by atoms with Crippen molar-refractivity contribution in [1.29, 1.82) is 0 Å². The fourth-order valence-electron chi connectivity index (χ4n) is 17.4. The predicted octanol–water partition coefficient (Wildman–Crippen LogP) is 12.5. The van der Waals surface area contributed by atoms with Crippen LogP contribution < -0.4 is 5.32 Å². The topological polar surface area (TPSA) is 96.8 Å². The Hall–Kier alpha value is -4.24. The molecule has 1 saturated heterocycles. The normalized spacial score (nSPS) is 36.3. The molecule has 0 bridgehead atoms. The number of urea groups is 1. The fraction of sp³-hybridized carbons (Fsp3) is 0.672. The maximum Gasteiger partial charge on any atom is 0.318 e. The number of nitrogens with zero attached hydrogens (tertiary/aromatic N) is 4. The first-order chi connectivity index (χ1) is 33.2. The molecule has 0 unspecified atom stereocenters. The van der Waals surface area contributed by atoms with Crippen LogP contribution in [0.5, 0.6) is 0 Å². The molecular weight excluding hydrogens is 867 g/mol. The number of allylic oxidation sites excluding steroid dienone is 1. The highest BCUT2D eigenvalue weighted by Crippen LogP contribution is 2.76. The zero-order valence-electron chi connectivity index (χ0n) is 44.7. The summed E-state index contributed by atoms with van der Waals surface area (Å²) in [4.78, 5) is 53.2. The molecule has 2 aromatic carbocycles. The Balaban J connectivity index is 0.879. The summed E-state index contributed by atoms with van der Waals surface area (Å²) >= 11 is 0. The van der Waals surface area contributed by atoms with Crippen LogP contribution in [0.25, 0.3) is 11.3 Å². The van der Waals surface area contributed by atoms with Gasteiger partial charge in [-0.2, -0.15) is 0 Å². The molecule has 9 nitrogen and oxygen atoms in total. The van der Waals surface area contributed by atoms with Crippen LogP contribution in [0.4, 0.5) is 4.79 Å². The van der Waals surface area contributed by atoms with E-state index in [4.69, 9.17) is 9.72 Å². The summed E-state index contributed by atoms with van der Waals surface area (Å²) in [6, 6.07) is 21.0. The highest BCUT2D eigenvalue weighted by atomic mass is 16.5. The maximum absolute atomic E-state index is 15.1. The first kappa shape index (κ1) is 49.3. The molecule has 2 amide bonds. The number of amides is 2. The van der Waals surface area contributed by atoms with Gasteiger partial charge in [0.1, 0.15) is 11.9 Å². The average Bonchev–Trinajstić information content (AvgIpc) is 4.04. The van der Waals surface area contributed by atoms with Gasteiger partial charge in [0.2, 0.25) is 0 Å². The van der Waals surface area contributed by atoms with E-state index in [1.807, 2.05) is 17.2 Å². The van der Waals surface area contributed by atoms with E-state index in [0.717, 1.165) is 113 Å². The van der Waals surface area contributed by atoms with Gasteiger partial charge in [0.25, 0.3) is 0 Å². The lowest BCUT2D eigenvalue weighted by atomic mass is 9.33. The summed E-state index contributed by atoms with van der Waals surface area (Å²) in [5, 5.41) is 3.73. The number of imidazole rings is 1. The SMILES string of the molecule is CC(C)C1=C2[C@H]3CC[C@@H]4[C@@]5(C)CC[C@H](OC(=O)[C@H]6C[C@@H](Cc7ccccc7)C6(C)C)C(C)(C)[C@@H]5CC[C@@]4(C)[C@]3(C)CC[C@@]2(NC(=O)N2CCC[C@H]2c2ncc(-c3ccccc3)n2CCN(C)C)CC1=O. The van der Waals surface area contributed by atoms with E-state index in [0.29, 0.717) is 30.7 Å². The van der Waals surface area contributed by atoms with E-state index >= 15 is 4.79 Å². The number of esters is 1. The van der Waals surface area contributed by atoms with Crippen LogP contribution in [0.15, 0.2) is 78.0 Å². The number of aromatic nitrogens is 2. The molecule has 10 rings (SSSR count). The lowest BCUT2D eigenvalue weighted by Crippen LogP contribution is -2.67. The van der Waals surface area contributed by atoms with Crippen LogP contribution in [0, 0.1) is 62.6 Å². The van der Waals surface area contributed by atoms with E-state index in [9.17, 15) is 9.59 Å². The number of nitrogens with one attached hydrogen (secondary N) is 1. The van der Waals surface area contributed by atoms with Gasteiger partial charge in [0.05, 0.1) is 29.4 Å². The second-order valence-electron chi connectivity index (χ2n) is 26.2. The molecule has 6 aliphatic carbocycles. The molecule has 378 valence electrons. The summed E-state index contributed by atoms with van der Waals surface area (Å²) < 4.78 is 9.07. The number of likely N-dealkylation sites (tertiary alicyclic amines) is 1. The van der Waals surface area contributed by atoms with Crippen molar-refractivity contribution in [3.8, 4) is 11.3 Å². The Morgan fingerprint density at radius 2 is 1.54 bits per heavy atom. The molecule has 1 aromatic heterocycles. The number of hydrogen-bond donors (Lipinski definition) is 1. The lowest BCUT2D eigenvalue weighted by molar-refractivity contribution is -0.235. The molecule has 1 N–H and O–H groups in total. The van der Waals surface area contributed by atoms with Gasteiger partial charge in [-0.3, -0.25) is 9.59 Å². The number of carbonyl (C=O) groups excluding carboxylic acids is 3. The molecule has 70 heavy (non-hydrogen) atoms. The molecule has 1 aliphatic heterocycles. The Morgan fingerprint density at radius 1 is 0.829 bits per heavy atom. The van der Waals surface area contributed by atoms with Crippen molar-refractivity contribution in [2.24, 2.45) is 62.6 Å². The third-order valence-corrected chi connectivity index (χ3v) is 21.6. The monoisotopic (exact) mass is 952 g/mol. The number of fused-ring (bicyclic) bond motifs is 7. The van der Waals surface area contributed by atoms with Gasteiger partial charge in [-0.25, -0.2) is 9.78 Å². The van der Waals surface area contributed by atoms with Gasteiger partial charge in [0.15, 0.2) is 5.78 Å². The Labute approximate surface area is 420 Å². The van der Waals surface area contributed by atoms with Crippen molar-refractivity contribution < 1.29 is 19.1 Å². The van der Waals surface area contributed by atoms with Crippen LogP contribution in [-0.2, 0) is 27.3 Å². The minimum absolute atomic E-state index is 0.0199. The first-order valence-corrected chi connectivity index (χ1v) is 27.5. The van der Waals surface area contributed by atoms with E-state index in [1.54, 1.807) is 0 Å². The van der Waals surface area contributed by atoms with Crippen molar-refractivity contribution in [3.63, 3.8) is 0 Å². The molecule has 2 heterocycles. The van der Waals surface area contributed by atoms with Crippen LogP contribution in [-0.4, -0.2) is 76.0 Å². The van der Waals surface area contributed by atoms with Crippen molar-refractivity contribution in [2.75, 3.05) is 27.2 Å². The predicted molar refractivity (Wildman–Crippen MR) is 279 cm³/mol. The number of benzene rings is 2. The molecule has 7 aliphatic rings. The van der Waals surface area contributed by atoms with Crippen LogP contribution >= 0.6 is 0 Å². The van der Waals surface area contributed by atoms with E-state index < -0.39 is 5.54 Å². The van der Waals surface area contributed by atoms with Crippen molar-refractivity contribution >= 4 is 17.8 Å². The summed E-state index contributed by atoms with van der Waals surface area (Å²) in [5.74, 6) is 2.89. The first-order valence-electron chi connectivity index (χ1n) is 27.5. The Bertz CT molecular complexity index is 2510.